The van der Waals surface area contributed by atoms with Crippen LogP contribution in [0.25, 0.3) is 0 Å². The van der Waals surface area contributed by atoms with Crippen LogP contribution in [0.4, 0.5) is 0 Å². The third-order valence-corrected chi connectivity index (χ3v) is 2.48. The topological polar surface area (TPSA) is 38.8 Å². The number of hydrogen-bond donors (Lipinski definition) is 0. The highest BCUT2D eigenvalue weighted by atomic mass is 16.5. The highest BCUT2D eigenvalue weighted by molar-refractivity contribution is 5.88. The van der Waals surface area contributed by atoms with Gasteiger partial charge in [0.05, 0.1) is 6.04 Å². The van der Waals surface area contributed by atoms with Crippen molar-refractivity contribution in [2.24, 2.45) is 0 Å². The lowest BCUT2D eigenvalue weighted by molar-refractivity contribution is -0.142. The van der Waals surface area contributed by atoms with Crippen LogP contribution in [-0.2, 0) is 14.3 Å². The molecule has 0 saturated carbocycles. The maximum atomic E-state index is 11.5. The summed E-state index contributed by atoms with van der Waals surface area (Å²) in [6.45, 7) is 5.33. The molecule has 2 aliphatic rings. The fourth-order valence-electron chi connectivity index (χ4n) is 1.61. The molecule has 0 aromatic rings. The highest BCUT2D eigenvalue weighted by Crippen LogP contribution is 2.27. The molecule has 1 saturated heterocycles. The number of fused-ring (bicyclic) bond motifs is 1. The first kappa shape index (κ1) is 9.12. The summed E-state index contributed by atoms with van der Waals surface area (Å²) in [5, 5.41) is 0. The molecule has 0 N–H and O–H groups in total. The molecule has 0 radical (unpaired) electrons. The molecule has 76 valence electrons. The van der Waals surface area contributed by atoms with Gasteiger partial charge >= 0.3 is 5.97 Å². The molecule has 0 bridgehead atoms. The average Bonchev–Trinajstić information content (AvgIpc) is 2.15. The molecule has 1 fully saturated rings. The standard InChI is InChI=1S/C10H13NO3/c1-2-5-14-10(12)9-7-13-6-8-3-4-11(8)9/h2,7-8H,1,3-6H2. The second kappa shape index (κ2) is 3.74. The molecule has 0 amide bonds. The van der Waals surface area contributed by atoms with E-state index in [1.807, 2.05) is 4.90 Å². The van der Waals surface area contributed by atoms with Gasteiger partial charge in [-0.3, -0.25) is 0 Å². The van der Waals surface area contributed by atoms with Gasteiger partial charge in [-0.15, -0.1) is 0 Å². The second-order valence-corrected chi connectivity index (χ2v) is 3.36. The summed E-state index contributed by atoms with van der Waals surface area (Å²) < 4.78 is 10.1. The van der Waals surface area contributed by atoms with E-state index in [2.05, 4.69) is 6.58 Å². The quantitative estimate of drug-likeness (QED) is 0.490. The fraction of sp³-hybridized carbons (Fsp3) is 0.500. The summed E-state index contributed by atoms with van der Waals surface area (Å²) in [5.74, 6) is -0.325. The maximum absolute atomic E-state index is 11.5. The van der Waals surface area contributed by atoms with E-state index in [9.17, 15) is 4.79 Å². The van der Waals surface area contributed by atoms with Crippen molar-refractivity contribution >= 4 is 5.97 Å². The lowest BCUT2D eigenvalue weighted by Gasteiger charge is -2.44. The van der Waals surface area contributed by atoms with Crippen LogP contribution in [0.15, 0.2) is 24.6 Å². The van der Waals surface area contributed by atoms with Crippen molar-refractivity contribution in [2.45, 2.75) is 12.5 Å². The lowest BCUT2D eigenvalue weighted by atomic mass is 10.0. The third kappa shape index (κ3) is 1.47. The normalized spacial score (nSPS) is 23.9. The SMILES string of the molecule is C=CCOC(=O)C1=COCC2CCN12. The molecule has 1 atom stereocenters. The highest BCUT2D eigenvalue weighted by Gasteiger charge is 2.36. The molecular formula is C10H13NO3. The minimum Gasteiger partial charge on any atom is -0.497 e. The monoisotopic (exact) mass is 195 g/mol. The molecule has 0 spiro atoms. The molecule has 1 unspecified atom stereocenters. The van der Waals surface area contributed by atoms with E-state index in [1.165, 1.54) is 6.26 Å². The van der Waals surface area contributed by atoms with E-state index in [-0.39, 0.29) is 12.6 Å². The molecule has 4 nitrogen and oxygen atoms in total. The van der Waals surface area contributed by atoms with E-state index < -0.39 is 0 Å². The molecule has 0 aromatic carbocycles. The van der Waals surface area contributed by atoms with Gasteiger partial charge in [-0.2, -0.15) is 0 Å². The van der Waals surface area contributed by atoms with Gasteiger partial charge in [-0.05, 0) is 6.42 Å². The van der Waals surface area contributed by atoms with Gasteiger partial charge in [0, 0.05) is 6.54 Å². The van der Waals surface area contributed by atoms with Gasteiger partial charge in [0.2, 0.25) is 0 Å². The number of rotatable bonds is 3. The fourth-order valence-corrected chi connectivity index (χ4v) is 1.61. The van der Waals surface area contributed by atoms with Crippen molar-refractivity contribution in [1.82, 2.24) is 4.90 Å². The first-order valence-corrected chi connectivity index (χ1v) is 4.69. The van der Waals surface area contributed by atoms with Crippen LogP contribution >= 0.6 is 0 Å². The van der Waals surface area contributed by atoms with Gasteiger partial charge in [-0.1, -0.05) is 12.7 Å². The van der Waals surface area contributed by atoms with Crippen LogP contribution < -0.4 is 0 Å². The van der Waals surface area contributed by atoms with Crippen LogP contribution in [-0.4, -0.2) is 36.7 Å². The van der Waals surface area contributed by atoms with E-state index >= 15 is 0 Å². The van der Waals surface area contributed by atoms with Crippen LogP contribution in [0.5, 0.6) is 0 Å². The van der Waals surface area contributed by atoms with Gasteiger partial charge < -0.3 is 14.4 Å². The molecule has 2 heterocycles. The van der Waals surface area contributed by atoms with Crippen LogP contribution in [0.2, 0.25) is 0 Å². The average molecular weight is 195 g/mol. The zero-order chi connectivity index (χ0) is 9.97. The number of carbonyl (C=O) groups excluding carboxylic acids is 1. The Hall–Kier alpha value is -1.45. The van der Waals surface area contributed by atoms with E-state index in [4.69, 9.17) is 9.47 Å². The second-order valence-electron chi connectivity index (χ2n) is 3.36. The maximum Gasteiger partial charge on any atom is 0.358 e. The van der Waals surface area contributed by atoms with Gasteiger partial charge in [0.1, 0.15) is 19.5 Å². The minimum atomic E-state index is -0.325. The van der Waals surface area contributed by atoms with Crippen LogP contribution in [0.1, 0.15) is 6.42 Å². The predicted octanol–water partition coefficient (Wildman–Crippen LogP) is 0.661. The van der Waals surface area contributed by atoms with E-state index in [1.54, 1.807) is 6.08 Å². The van der Waals surface area contributed by atoms with Gasteiger partial charge in [0.25, 0.3) is 0 Å². The molecule has 4 heteroatoms. The van der Waals surface area contributed by atoms with Crippen molar-refractivity contribution < 1.29 is 14.3 Å². The van der Waals surface area contributed by atoms with Crippen LogP contribution in [0.3, 0.4) is 0 Å². The molecule has 2 aliphatic heterocycles. The molecule has 0 aromatic heterocycles. The van der Waals surface area contributed by atoms with Crippen molar-refractivity contribution in [1.29, 1.82) is 0 Å². The van der Waals surface area contributed by atoms with Gasteiger partial charge in [0.15, 0.2) is 5.70 Å². The van der Waals surface area contributed by atoms with Crippen molar-refractivity contribution in [3.8, 4) is 0 Å². The van der Waals surface area contributed by atoms with Crippen molar-refractivity contribution in [3.05, 3.63) is 24.6 Å². The lowest BCUT2D eigenvalue weighted by Crippen LogP contribution is -2.53. The summed E-state index contributed by atoms with van der Waals surface area (Å²) in [5.41, 5.74) is 0.536. The Labute approximate surface area is 82.8 Å². The zero-order valence-electron chi connectivity index (χ0n) is 7.94. The smallest absolute Gasteiger partial charge is 0.358 e. The zero-order valence-corrected chi connectivity index (χ0v) is 7.94. The summed E-state index contributed by atoms with van der Waals surface area (Å²) in [4.78, 5) is 13.5. The Morgan fingerprint density at radius 1 is 1.86 bits per heavy atom. The molecular weight excluding hydrogens is 182 g/mol. The summed E-state index contributed by atoms with van der Waals surface area (Å²) in [6.07, 6.45) is 4.13. The summed E-state index contributed by atoms with van der Waals surface area (Å²) >= 11 is 0. The van der Waals surface area contributed by atoms with E-state index in [0.29, 0.717) is 18.3 Å². The van der Waals surface area contributed by atoms with E-state index in [0.717, 1.165) is 13.0 Å². The number of ether oxygens (including phenoxy) is 2. The number of esters is 1. The first-order chi connectivity index (χ1) is 6.83. The summed E-state index contributed by atoms with van der Waals surface area (Å²) in [7, 11) is 0. The number of carbonyl (C=O) groups is 1. The third-order valence-electron chi connectivity index (χ3n) is 2.48. The van der Waals surface area contributed by atoms with Crippen LogP contribution in [0, 0.1) is 0 Å². The Morgan fingerprint density at radius 3 is 3.36 bits per heavy atom. The summed E-state index contributed by atoms with van der Waals surface area (Å²) in [6, 6.07) is 0.367. The molecule has 2 rings (SSSR count). The number of hydrogen-bond acceptors (Lipinski definition) is 4. The Kier molecular flexibility index (Phi) is 2.43. The molecule has 14 heavy (non-hydrogen) atoms. The van der Waals surface area contributed by atoms with Crippen molar-refractivity contribution in [2.75, 3.05) is 19.8 Å². The Morgan fingerprint density at radius 2 is 2.71 bits per heavy atom. The Bertz CT molecular complexity index is 285. The first-order valence-electron chi connectivity index (χ1n) is 4.69. The largest absolute Gasteiger partial charge is 0.497 e. The molecule has 0 aliphatic carbocycles. The minimum absolute atomic E-state index is 0.245. The predicted molar refractivity (Wildman–Crippen MR) is 50.3 cm³/mol. The number of nitrogens with zero attached hydrogens (tertiary/aromatic N) is 1. The van der Waals surface area contributed by atoms with Crippen molar-refractivity contribution in [3.63, 3.8) is 0 Å². The Balaban J connectivity index is 1.98. The van der Waals surface area contributed by atoms with Gasteiger partial charge in [-0.25, -0.2) is 4.79 Å².